The van der Waals surface area contributed by atoms with Gasteiger partial charge in [0, 0.05) is 18.4 Å². The quantitative estimate of drug-likeness (QED) is 0.869. The highest BCUT2D eigenvalue weighted by molar-refractivity contribution is 5.71. The first-order valence-electron chi connectivity index (χ1n) is 6.30. The molecule has 0 saturated heterocycles. The summed E-state index contributed by atoms with van der Waals surface area (Å²) in [5.74, 6) is 0. The van der Waals surface area contributed by atoms with Crippen LogP contribution in [0.2, 0.25) is 0 Å². The fraction of sp³-hybridized carbons (Fsp3) is 0.188. The van der Waals surface area contributed by atoms with Crippen molar-refractivity contribution in [3.63, 3.8) is 0 Å². The summed E-state index contributed by atoms with van der Waals surface area (Å²) in [7, 11) is 0. The van der Waals surface area contributed by atoms with Crippen LogP contribution in [0.25, 0.3) is 16.7 Å². The Hall–Kier alpha value is -1.93. The van der Waals surface area contributed by atoms with Gasteiger partial charge in [0.1, 0.15) is 0 Å². The van der Waals surface area contributed by atoms with Crippen LogP contribution < -0.4 is 5.73 Å². The molecule has 1 aliphatic carbocycles. The van der Waals surface area contributed by atoms with Gasteiger partial charge in [-0.3, -0.25) is 4.98 Å². The summed E-state index contributed by atoms with van der Waals surface area (Å²) in [5.41, 5.74) is 10.9. The van der Waals surface area contributed by atoms with E-state index in [4.69, 9.17) is 5.73 Å². The van der Waals surface area contributed by atoms with Gasteiger partial charge in [-0.25, -0.2) is 0 Å². The van der Waals surface area contributed by atoms with Gasteiger partial charge in [0.05, 0.1) is 0 Å². The van der Waals surface area contributed by atoms with Crippen LogP contribution in [-0.4, -0.2) is 11.0 Å². The van der Waals surface area contributed by atoms with Crippen molar-refractivity contribution in [2.24, 2.45) is 5.73 Å². The first-order valence-corrected chi connectivity index (χ1v) is 6.30. The summed E-state index contributed by atoms with van der Waals surface area (Å²) in [6, 6.07) is 12.9. The Morgan fingerprint density at radius 3 is 2.39 bits per heavy atom. The van der Waals surface area contributed by atoms with Crippen molar-refractivity contribution in [2.45, 2.75) is 18.9 Å². The van der Waals surface area contributed by atoms with Crippen LogP contribution in [0.1, 0.15) is 18.4 Å². The molecular weight excluding hydrogens is 220 g/mol. The van der Waals surface area contributed by atoms with E-state index in [2.05, 4.69) is 41.4 Å². The van der Waals surface area contributed by atoms with Crippen molar-refractivity contribution in [1.29, 1.82) is 0 Å². The van der Waals surface area contributed by atoms with E-state index < -0.39 is 0 Å². The molecule has 2 aromatic rings. The summed E-state index contributed by atoms with van der Waals surface area (Å²) in [4.78, 5) is 4.14. The number of pyridine rings is 1. The highest BCUT2D eigenvalue weighted by Crippen LogP contribution is 2.28. The molecule has 2 N–H and O–H groups in total. The number of benzene rings is 1. The smallest absolute Gasteiger partial charge is 0.0346 e. The number of nitrogens with zero attached hydrogens (tertiary/aromatic N) is 1. The Labute approximate surface area is 107 Å². The van der Waals surface area contributed by atoms with Gasteiger partial charge in [-0.2, -0.15) is 0 Å². The molecule has 0 spiro atoms. The van der Waals surface area contributed by atoms with Gasteiger partial charge in [-0.1, -0.05) is 36.4 Å². The predicted octanol–water partition coefficient (Wildman–Crippen LogP) is 3.25. The number of rotatable bonds is 2. The summed E-state index contributed by atoms with van der Waals surface area (Å²) in [5, 5.41) is 0. The molecule has 90 valence electrons. The Balaban J connectivity index is 1.88. The van der Waals surface area contributed by atoms with E-state index in [0.717, 1.165) is 18.4 Å². The van der Waals surface area contributed by atoms with E-state index in [0.29, 0.717) is 0 Å². The highest BCUT2D eigenvalue weighted by Gasteiger charge is 2.13. The van der Waals surface area contributed by atoms with Gasteiger partial charge in [0.15, 0.2) is 0 Å². The van der Waals surface area contributed by atoms with Gasteiger partial charge in [0.2, 0.25) is 0 Å². The van der Waals surface area contributed by atoms with Crippen LogP contribution in [0.3, 0.4) is 0 Å². The molecule has 1 heterocycles. The molecule has 2 heteroatoms. The van der Waals surface area contributed by atoms with Gasteiger partial charge in [-0.05, 0) is 41.2 Å². The molecular formula is C16H16N2. The van der Waals surface area contributed by atoms with Crippen molar-refractivity contribution in [3.8, 4) is 11.1 Å². The molecule has 2 nitrogen and oxygen atoms in total. The summed E-state index contributed by atoms with van der Waals surface area (Å²) in [6.45, 7) is 0. The van der Waals surface area contributed by atoms with Crippen LogP contribution >= 0.6 is 0 Å². The second-order valence-corrected chi connectivity index (χ2v) is 4.71. The first-order chi connectivity index (χ1) is 8.83. The van der Waals surface area contributed by atoms with Crippen LogP contribution in [0.15, 0.2) is 54.9 Å². The minimum atomic E-state index is 0.234. The average Bonchev–Trinajstić information content (AvgIpc) is 2.87. The number of aromatic nitrogens is 1. The van der Waals surface area contributed by atoms with Crippen LogP contribution in [-0.2, 0) is 0 Å². The fourth-order valence-corrected chi connectivity index (χ4v) is 2.40. The fourth-order valence-electron chi connectivity index (χ4n) is 2.40. The molecule has 1 atom stereocenters. The molecule has 0 bridgehead atoms. The zero-order valence-electron chi connectivity index (χ0n) is 10.2. The van der Waals surface area contributed by atoms with E-state index in [1.165, 1.54) is 16.7 Å². The monoisotopic (exact) mass is 236 g/mol. The lowest BCUT2D eigenvalue weighted by Gasteiger charge is -2.04. The third-order valence-corrected chi connectivity index (χ3v) is 3.41. The molecule has 0 aliphatic heterocycles. The van der Waals surface area contributed by atoms with E-state index in [-0.39, 0.29) is 6.04 Å². The van der Waals surface area contributed by atoms with Crippen LogP contribution in [0.5, 0.6) is 0 Å². The first kappa shape index (κ1) is 11.2. The highest BCUT2D eigenvalue weighted by atomic mass is 14.6. The third kappa shape index (κ3) is 2.20. The van der Waals surface area contributed by atoms with Crippen molar-refractivity contribution >= 4 is 5.57 Å². The second kappa shape index (κ2) is 4.75. The normalized spacial score (nSPS) is 18.7. The lowest BCUT2D eigenvalue weighted by Crippen LogP contribution is -2.11. The van der Waals surface area contributed by atoms with Crippen molar-refractivity contribution in [2.75, 3.05) is 0 Å². The van der Waals surface area contributed by atoms with Crippen molar-refractivity contribution in [3.05, 3.63) is 60.4 Å². The van der Waals surface area contributed by atoms with Crippen molar-refractivity contribution < 1.29 is 0 Å². The summed E-state index contributed by atoms with van der Waals surface area (Å²) < 4.78 is 0. The Kier molecular flexibility index (Phi) is 2.95. The molecule has 0 fully saturated rings. The Morgan fingerprint density at radius 2 is 1.78 bits per heavy atom. The van der Waals surface area contributed by atoms with E-state index >= 15 is 0 Å². The molecule has 1 aromatic heterocycles. The minimum absolute atomic E-state index is 0.234. The standard InChI is InChI=1S/C16H16N2/c17-16-8-7-14(10-16)12-3-5-13(6-4-12)15-2-1-9-18-11-15/h1-6,9-11,16H,7-8,17H2. The Bertz CT molecular complexity index is 555. The maximum Gasteiger partial charge on any atom is 0.0346 e. The third-order valence-electron chi connectivity index (χ3n) is 3.41. The molecule has 1 aromatic carbocycles. The zero-order valence-corrected chi connectivity index (χ0v) is 10.2. The minimum Gasteiger partial charge on any atom is -0.324 e. The van der Waals surface area contributed by atoms with E-state index in [1.807, 2.05) is 12.3 Å². The maximum absolute atomic E-state index is 5.90. The number of hydrogen-bond donors (Lipinski definition) is 1. The zero-order chi connectivity index (χ0) is 12.4. The largest absolute Gasteiger partial charge is 0.324 e. The number of hydrogen-bond acceptors (Lipinski definition) is 2. The van der Waals surface area contributed by atoms with Crippen LogP contribution in [0, 0.1) is 0 Å². The summed E-state index contributed by atoms with van der Waals surface area (Å²) in [6.07, 6.45) is 8.02. The lowest BCUT2D eigenvalue weighted by molar-refractivity contribution is 0.782. The van der Waals surface area contributed by atoms with Gasteiger partial charge in [0.25, 0.3) is 0 Å². The molecule has 0 amide bonds. The second-order valence-electron chi connectivity index (χ2n) is 4.71. The topological polar surface area (TPSA) is 38.9 Å². The van der Waals surface area contributed by atoms with Crippen molar-refractivity contribution in [1.82, 2.24) is 4.98 Å². The SMILES string of the molecule is NC1C=C(c2ccc(-c3cccnc3)cc2)CC1. The van der Waals surface area contributed by atoms with E-state index in [1.54, 1.807) is 6.20 Å². The maximum atomic E-state index is 5.90. The Morgan fingerprint density at radius 1 is 1.00 bits per heavy atom. The summed E-state index contributed by atoms with van der Waals surface area (Å²) >= 11 is 0. The van der Waals surface area contributed by atoms with Gasteiger partial charge >= 0.3 is 0 Å². The molecule has 0 saturated carbocycles. The molecule has 1 aliphatic rings. The number of allylic oxidation sites excluding steroid dienone is 1. The number of nitrogens with two attached hydrogens (primary N) is 1. The molecule has 3 rings (SSSR count). The van der Waals surface area contributed by atoms with Crippen LogP contribution in [0.4, 0.5) is 0 Å². The molecule has 1 unspecified atom stereocenters. The van der Waals surface area contributed by atoms with Gasteiger partial charge in [-0.15, -0.1) is 0 Å². The lowest BCUT2D eigenvalue weighted by atomic mass is 10.0. The predicted molar refractivity (Wildman–Crippen MR) is 74.9 cm³/mol. The average molecular weight is 236 g/mol. The van der Waals surface area contributed by atoms with E-state index in [9.17, 15) is 0 Å². The molecule has 18 heavy (non-hydrogen) atoms. The van der Waals surface area contributed by atoms with Gasteiger partial charge < -0.3 is 5.73 Å². The molecule has 0 radical (unpaired) electrons.